The minimum Gasteiger partial charge on any atom is -0.348 e. The highest BCUT2D eigenvalue weighted by Gasteiger charge is 2.13. The van der Waals surface area contributed by atoms with Crippen molar-refractivity contribution in [1.82, 2.24) is 30.1 Å². The molecule has 0 aliphatic rings. The van der Waals surface area contributed by atoms with Crippen molar-refractivity contribution in [2.45, 2.75) is 25.9 Å². The fraction of sp³-hybridized carbons (Fsp3) is 0.250. The maximum Gasteiger partial charge on any atom is 0.222 e. The van der Waals surface area contributed by atoms with E-state index in [4.69, 9.17) is 0 Å². The summed E-state index contributed by atoms with van der Waals surface area (Å²) in [5, 5.41) is 15.2. The van der Waals surface area contributed by atoms with E-state index in [0.717, 1.165) is 11.4 Å². The van der Waals surface area contributed by atoms with Crippen LogP contribution < -0.4 is 5.32 Å². The van der Waals surface area contributed by atoms with E-state index in [1.807, 2.05) is 55.7 Å². The minimum absolute atomic E-state index is 0.0396. The van der Waals surface area contributed by atoms with Crippen molar-refractivity contribution in [3.63, 3.8) is 0 Å². The van der Waals surface area contributed by atoms with Gasteiger partial charge in [-0.05, 0) is 25.1 Å². The molecule has 1 aromatic carbocycles. The van der Waals surface area contributed by atoms with Gasteiger partial charge in [0.05, 0.1) is 17.9 Å². The van der Waals surface area contributed by atoms with Crippen molar-refractivity contribution >= 4 is 5.91 Å². The summed E-state index contributed by atoms with van der Waals surface area (Å²) in [6.45, 7) is 2.45. The lowest BCUT2D eigenvalue weighted by molar-refractivity contribution is -0.122. The second-order valence-electron chi connectivity index (χ2n) is 5.23. The molecule has 1 N–H and O–H groups in total. The van der Waals surface area contributed by atoms with Crippen molar-refractivity contribution in [2.75, 3.05) is 0 Å². The van der Waals surface area contributed by atoms with E-state index in [9.17, 15) is 4.79 Å². The molecule has 0 saturated carbocycles. The third kappa shape index (κ3) is 3.82. The number of amides is 1. The first-order valence-electron chi connectivity index (χ1n) is 7.47. The van der Waals surface area contributed by atoms with E-state index in [0.29, 0.717) is 13.0 Å². The quantitative estimate of drug-likeness (QED) is 0.752. The summed E-state index contributed by atoms with van der Waals surface area (Å²) < 4.78 is 3.43. The molecule has 118 valence electrons. The average molecular weight is 310 g/mol. The van der Waals surface area contributed by atoms with Gasteiger partial charge in [0.15, 0.2) is 0 Å². The predicted octanol–water partition coefficient (Wildman–Crippen LogP) is 1.73. The number of aryl methyl sites for hydroxylation is 1. The van der Waals surface area contributed by atoms with Crippen LogP contribution in [0, 0.1) is 0 Å². The van der Waals surface area contributed by atoms with Gasteiger partial charge in [-0.3, -0.25) is 9.48 Å². The Balaban J connectivity index is 1.57. The molecule has 0 aliphatic heterocycles. The smallest absolute Gasteiger partial charge is 0.222 e. The number of carbonyl (C=O) groups excluding carboxylic acids is 1. The monoisotopic (exact) mass is 310 g/mol. The summed E-state index contributed by atoms with van der Waals surface area (Å²) in [6.07, 6.45) is 5.73. The van der Waals surface area contributed by atoms with Crippen LogP contribution in [0.4, 0.5) is 0 Å². The highest BCUT2D eigenvalue weighted by atomic mass is 16.1. The molecule has 0 radical (unpaired) electrons. The molecule has 0 unspecified atom stereocenters. The lowest BCUT2D eigenvalue weighted by Gasteiger charge is -2.10. The molecule has 3 aromatic rings. The van der Waals surface area contributed by atoms with Crippen LogP contribution in [0.1, 0.15) is 25.1 Å². The van der Waals surface area contributed by atoms with E-state index in [-0.39, 0.29) is 11.9 Å². The Morgan fingerprint density at radius 3 is 2.83 bits per heavy atom. The highest BCUT2D eigenvalue weighted by molar-refractivity contribution is 5.76. The van der Waals surface area contributed by atoms with E-state index in [2.05, 4.69) is 20.7 Å². The molecule has 0 bridgehead atoms. The first-order chi connectivity index (χ1) is 11.2. The number of nitrogens with one attached hydrogen (secondary N) is 1. The van der Waals surface area contributed by atoms with Gasteiger partial charge in [-0.25, -0.2) is 4.68 Å². The molecule has 23 heavy (non-hydrogen) atoms. The SMILES string of the molecule is C[C@@H](NC(=O)CCn1cccn1)c1cn(-c2ccccc2)nn1. The van der Waals surface area contributed by atoms with Crippen LogP contribution in [0.15, 0.2) is 55.0 Å². The Morgan fingerprint density at radius 1 is 1.26 bits per heavy atom. The summed E-state index contributed by atoms with van der Waals surface area (Å²) in [6, 6.07) is 11.4. The van der Waals surface area contributed by atoms with Crippen molar-refractivity contribution in [3.8, 4) is 5.69 Å². The number of rotatable bonds is 6. The van der Waals surface area contributed by atoms with E-state index < -0.39 is 0 Å². The van der Waals surface area contributed by atoms with Crippen molar-refractivity contribution < 1.29 is 4.79 Å². The number of hydrogen-bond acceptors (Lipinski definition) is 4. The Kier molecular flexibility index (Phi) is 4.46. The van der Waals surface area contributed by atoms with Crippen LogP contribution >= 0.6 is 0 Å². The molecule has 7 nitrogen and oxygen atoms in total. The molecular formula is C16H18N6O. The zero-order valence-corrected chi connectivity index (χ0v) is 12.8. The number of nitrogens with zero attached hydrogens (tertiary/aromatic N) is 5. The van der Waals surface area contributed by atoms with Gasteiger partial charge in [0.2, 0.25) is 5.91 Å². The second kappa shape index (κ2) is 6.87. The zero-order valence-electron chi connectivity index (χ0n) is 12.8. The molecule has 7 heteroatoms. The fourth-order valence-corrected chi connectivity index (χ4v) is 2.22. The number of hydrogen-bond donors (Lipinski definition) is 1. The van der Waals surface area contributed by atoms with Gasteiger partial charge in [-0.2, -0.15) is 5.10 Å². The first kappa shape index (κ1) is 15.0. The number of para-hydroxylation sites is 1. The maximum atomic E-state index is 12.0. The minimum atomic E-state index is -0.197. The standard InChI is InChI=1S/C16H18N6O/c1-13(18-16(23)8-11-21-10-5-9-17-21)15-12-22(20-19-15)14-6-3-2-4-7-14/h2-7,9-10,12-13H,8,11H2,1H3,(H,18,23)/t13-/m1/s1. The Hall–Kier alpha value is -2.96. The van der Waals surface area contributed by atoms with Crippen molar-refractivity contribution in [3.05, 3.63) is 60.7 Å². The molecule has 1 atom stereocenters. The summed E-state index contributed by atoms with van der Waals surface area (Å²) in [4.78, 5) is 12.0. The molecule has 1 amide bonds. The van der Waals surface area contributed by atoms with Crippen LogP contribution in [-0.4, -0.2) is 30.7 Å². The molecular weight excluding hydrogens is 292 g/mol. The number of aromatic nitrogens is 5. The molecule has 0 spiro atoms. The lowest BCUT2D eigenvalue weighted by atomic mass is 10.2. The van der Waals surface area contributed by atoms with Gasteiger partial charge in [-0.1, -0.05) is 23.4 Å². The third-order valence-corrected chi connectivity index (χ3v) is 3.48. The second-order valence-corrected chi connectivity index (χ2v) is 5.23. The summed E-state index contributed by atoms with van der Waals surface area (Å²) >= 11 is 0. The summed E-state index contributed by atoms with van der Waals surface area (Å²) in [5.41, 5.74) is 1.66. The highest BCUT2D eigenvalue weighted by Crippen LogP contribution is 2.11. The van der Waals surface area contributed by atoms with Crippen LogP contribution in [0.25, 0.3) is 5.69 Å². The maximum absolute atomic E-state index is 12.0. The van der Waals surface area contributed by atoms with Crippen LogP contribution in [-0.2, 0) is 11.3 Å². The Morgan fingerprint density at radius 2 is 2.09 bits per heavy atom. The number of benzene rings is 1. The molecule has 0 saturated heterocycles. The Labute approximate surface area is 133 Å². The topological polar surface area (TPSA) is 77.6 Å². The Bertz CT molecular complexity index is 750. The fourth-order valence-electron chi connectivity index (χ4n) is 2.22. The van der Waals surface area contributed by atoms with Crippen molar-refractivity contribution in [1.29, 1.82) is 0 Å². The summed E-state index contributed by atoms with van der Waals surface area (Å²) in [7, 11) is 0. The normalized spacial score (nSPS) is 12.0. The molecule has 0 fully saturated rings. The lowest BCUT2D eigenvalue weighted by Crippen LogP contribution is -2.27. The van der Waals surface area contributed by atoms with Gasteiger partial charge >= 0.3 is 0 Å². The molecule has 2 heterocycles. The molecule has 0 aliphatic carbocycles. The van der Waals surface area contributed by atoms with Gasteiger partial charge < -0.3 is 5.32 Å². The van der Waals surface area contributed by atoms with E-state index in [1.54, 1.807) is 15.6 Å². The van der Waals surface area contributed by atoms with Gasteiger partial charge in [-0.15, -0.1) is 5.10 Å². The van der Waals surface area contributed by atoms with E-state index >= 15 is 0 Å². The molecule has 3 rings (SSSR count). The molecule has 2 aromatic heterocycles. The number of carbonyl (C=O) groups is 1. The van der Waals surface area contributed by atoms with Crippen LogP contribution in [0.3, 0.4) is 0 Å². The average Bonchev–Trinajstić information content (AvgIpc) is 3.25. The third-order valence-electron chi connectivity index (χ3n) is 3.48. The summed E-state index contributed by atoms with van der Waals surface area (Å²) in [5.74, 6) is -0.0396. The van der Waals surface area contributed by atoms with Gasteiger partial charge in [0.25, 0.3) is 0 Å². The van der Waals surface area contributed by atoms with Gasteiger partial charge in [0, 0.05) is 25.4 Å². The van der Waals surface area contributed by atoms with Crippen LogP contribution in [0.5, 0.6) is 0 Å². The van der Waals surface area contributed by atoms with Gasteiger partial charge in [0.1, 0.15) is 5.69 Å². The zero-order chi connectivity index (χ0) is 16.1. The van der Waals surface area contributed by atoms with E-state index in [1.165, 1.54) is 0 Å². The van der Waals surface area contributed by atoms with Crippen LogP contribution in [0.2, 0.25) is 0 Å². The van der Waals surface area contributed by atoms with Crippen molar-refractivity contribution in [2.24, 2.45) is 0 Å². The first-order valence-corrected chi connectivity index (χ1v) is 7.47. The predicted molar refractivity (Wildman–Crippen MR) is 84.8 cm³/mol. The largest absolute Gasteiger partial charge is 0.348 e.